The van der Waals surface area contributed by atoms with Crippen molar-refractivity contribution in [3.05, 3.63) is 48.5 Å². The molecule has 2 atom stereocenters. The normalized spacial score (nSPS) is 16.6. The van der Waals surface area contributed by atoms with Gasteiger partial charge >= 0.3 is 0 Å². The Hall–Kier alpha value is -3.13. The zero-order valence-electron chi connectivity index (χ0n) is 14.5. The Kier molecular flexibility index (Phi) is 4.64. The predicted octanol–water partition coefficient (Wildman–Crippen LogP) is 2.58. The minimum absolute atomic E-state index is 0.0923. The fraction of sp³-hybridized carbons (Fsp3) is 0.211. The van der Waals surface area contributed by atoms with Crippen molar-refractivity contribution in [3.63, 3.8) is 0 Å². The summed E-state index contributed by atoms with van der Waals surface area (Å²) in [6.07, 6.45) is -0.808. The lowest BCUT2D eigenvalue weighted by Crippen LogP contribution is -2.50. The third kappa shape index (κ3) is 3.70. The van der Waals surface area contributed by atoms with Crippen molar-refractivity contribution in [2.45, 2.75) is 19.1 Å². The van der Waals surface area contributed by atoms with Crippen LogP contribution >= 0.6 is 11.3 Å². The summed E-state index contributed by atoms with van der Waals surface area (Å²) in [5, 5.41) is 5.89. The van der Waals surface area contributed by atoms with E-state index in [2.05, 4.69) is 15.6 Å². The first-order valence-corrected chi connectivity index (χ1v) is 9.27. The predicted molar refractivity (Wildman–Crippen MR) is 102 cm³/mol. The van der Waals surface area contributed by atoms with E-state index in [0.717, 1.165) is 10.2 Å². The van der Waals surface area contributed by atoms with Crippen molar-refractivity contribution < 1.29 is 19.1 Å². The number of amides is 2. The van der Waals surface area contributed by atoms with E-state index in [4.69, 9.17) is 9.47 Å². The van der Waals surface area contributed by atoms with E-state index >= 15 is 0 Å². The fourth-order valence-corrected chi connectivity index (χ4v) is 3.53. The van der Waals surface area contributed by atoms with Gasteiger partial charge in [0.25, 0.3) is 5.91 Å². The van der Waals surface area contributed by atoms with Gasteiger partial charge < -0.3 is 20.1 Å². The number of carbonyl (C=O) groups is 2. The summed E-state index contributed by atoms with van der Waals surface area (Å²) < 4.78 is 12.2. The van der Waals surface area contributed by atoms with Crippen LogP contribution < -0.4 is 20.1 Å². The Balaban J connectivity index is 1.36. The van der Waals surface area contributed by atoms with Crippen molar-refractivity contribution in [3.8, 4) is 11.5 Å². The van der Waals surface area contributed by atoms with Gasteiger partial charge in [-0.25, -0.2) is 4.98 Å². The second-order valence-corrected chi connectivity index (χ2v) is 7.10. The number of fused-ring (bicyclic) bond motifs is 2. The average molecular weight is 383 g/mol. The summed E-state index contributed by atoms with van der Waals surface area (Å²) in [5.74, 6) is 0.356. The lowest BCUT2D eigenvalue weighted by molar-refractivity contribution is -0.133. The quantitative estimate of drug-likeness (QED) is 0.723. The number of nitrogens with one attached hydrogen (secondary N) is 2. The van der Waals surface area contributed by atoms with Gasteiger partial charge in [-0.05, 0) is 31.2 Å². The van der Waals surface area contributed by atoms with Crippen molar-refractivity contribution >= 4 is 38.5 Å². The van der Waals surface area contributed by atoms with Gasteiger partial charge in [0.1, 0.15) is 12.6 Å². The number of ether oxygens (including phenoxy) is 2. The van der Waals surface area contributed by atoms with Crippen LogP contribution in [0.2, 0.25) is 0 Å². The third-order valence-electron chi connectivity index (χ3n) is 4.08. The van der Waals surface area contributed by atoms with Crippen LogP contribution in [0.1, 0.15) is 6.92 Å². The molecule has 2 amide bonds. The second-order valence-electron chi connectivity index (χ2n) is 6.07. The zero-order valence-corrected chi connectivity index (χ0v) is 15.3. The number of hydrogen-bond acceptors (Lipinski definition) is 6. The van der Waals surface area contributed by atoms with E-state index in [1.807, 2.05) is 30.3 Å². The summed E-state index contributed by atoms with van der Waals surface area (Å²) >= 11 is 1.38. The Labute approximate surface area is 159 Å². The van der Waals surface area contributed by atoms with E-state index in [9.17, 15) is 9.59 Å². The molecule has 2 heterocycles. The molecule has 8 heteroatoms. The lowest BCUT2D eigenvalue weighted by atomic mass is 10.2. The molecule has 0 saturated carbocycles. The standard InChI is InChI=1S/C19H17N3O4S/c1-11(17(23)22-19-21-12-6-2-5-9-16(12)27-19)20-18(24)15-10-25-13-7-3-4-8-14(13)26-15/h2-9,11,15H,10H2,1H3,(H,20,24)(H,21,22,23)/t11-,15-/m0/s1. The number of hydrogen-bond donors (Lipinski definition) is 2. The van der Waals surface area contributed by atoms with Gasteiger partial charge in [-0.1, -0.05) is 35.6 Å². The molecule has 2 aromatic carbocycles. The molecule has 0 saturated heterocycles. The molecule has 2 N–H and O–H groups in total. The Morgan fingerprint density at radius 1 is 1.15 bits per heavy atom. The maximum Gasteiger partial charge on any atom is 0.265 e. The number of anilines is 1. The molecule has 0 unspecified atom stereocenters. The molecule has 1 aliphatic rings. The van der Waals surface area contributed by atoms with Crippen LogP contribution in [0, 0.1) is 0 Å². The molecule has 27 heavy (non-hydrogen) atoms. The first-order valence-electron chi connectivity index (χ1n) is 8.45. The monoisotopic (exact) mass is 383 g/mol. The molecule has 0 aliphatic carbocycles. The minimum atomic E-state index is -0.808. The zero-order chi connectivity index (χ0) is 18.8. The number of carbonyl (C=O) groups excluding carboxylic acids is 2. The van der Waals surface area contributed by atoms with E-state index < -0.39 is 18.1 Å². The van der Waals surface area contributed by atoms with Gasteiger partial charge in [-0.15, -0.1) is 0 Å². The summed E-state index contributed by atoms with van der Waals surface area (Å²) in [6, 6.07) is 14.0. The highest BCUT2D eigenvalue weighted by atomic mass is 32.1. The van der Waals surface area contributed by atoms with Crippen LogP contribution in [0.15, 0.2) is 48.5 Å². The maximum absolute atomic E-state index is 12.4. The Bertz CT molecular complexity index is 970. The largest absolute Gasteiger partial charge is 0.485 e. The lowest BCUT2D eigenvalue weighted by Gasteiger charge is -2.26. The molecule has 0 fully saturated rings. The number of aromatic nitrogens is 1. The molecule has 1 aromatic heterocycles. The first-order chi connectivity index (χ1) is 13.1. The average Bonchev–Trinajstić information content (AvgIpc) is 3.09. The van der Waals surface area contributed by atoms with Crippen molar-refractivity contribution in [2.75, 3.05) is 11.9 Å². The number of nitrogens with zero attached hydrogens (tertiary/aromatic N) is 1. The molecular formula is C19H17N3O4S. The van der Waals surface area contributed by atoms with Gasteiger partial charge in [0.2, 0.25) is 12.0 Å². The van der Waals surface area contributed by atoms with Crippen LogP contribution in [-0.2, 0) is 9.59 Å². The van der Waals surface area contributed by atoms with Crippen molar-refractivity contribution in [1.82, 2.24) is 10.3 Å². The molecule has 0 spiro atoms. The van der Waals surface area contributed by atoms with Crippen molar-refractivity contribution in [1.29, 1.82) is 0 Å². The van der Waals surface area contributed by atoms with Crippen LogP contribution in [0.25, 0.3) is 10.2 Å². The number of benzene rings is 2. The molecular weight excluding hydrogens is 366 g/mol. The van der Waals surface area contributed by atoms with Gasteiger partial charge in [0.15, 0.2) is 16.6 Å². The molecule has 138 valence electrons. The smallest absolute Gasteiger partial charge is 0.265 e. The van der Waals surface area contributed by atoms with Crippen LogP contribution in [0.3, 0.4) is 0 Å². The van der Waals surface area contributed by atoms with Crippen LogP contribution in [-0.4, -0.2) is 35.6 Å². The van der Waals surface area contributed by atoms with Gasteiger partial charge in [0.05, 0.1) is 10.2 Å². The first kappa shape index (κ1) is 17.3. The van der Waals surface area contributed by atoms with Crippen molar-refractivity contribution in [2.24, 2.45) is 0 Å². The van der Waals surface area contributed by atoms with Gasteiger partial charge in [0, 0.05) is 0 Å². The summed E-state index contributed by atoms with van der Waals surface area (Å²) in [6.45, 7) is 1.70. The number of rotatable bonds is 4. The molecule has 3 aromatic rings. The van der Waals surface area contributed by atoms with E-state index in [-0.39, 0.29) is 12.5 Å². The second kappa shape index (κ2) is 7.24. The van der Waals surface area contributed by atoms with E-state index in [1.54, 1.807) is 25.1 Å². The van der Waals surface area contributed by atoms with Crippen LogP contribution in [0.4, 0.5) is 5.13 Å². The summed E-state index contributed by atoms with van der Waals surface area (Å²) in [4.78, 5) is 29.1. The van der Waals surface area contributed by atoms with Gasteiger partial charge in [-0.2, -0.15) is 0 Å². The fourth-order valence-electron chi connectivity index (χ4n) is 2.66. The topological polar surface area (TPSA) is 89.5 Å². The van der Waals surface area contributed by atoms with E-state index in [0.29, 0.717) is 16.6 Å². The summed E-state index contributed by atoms with van der Waals surface area (Å²) in [5.41, 5.74) is 0.820. The molecule has 4 rings (SSSR count). The number of thiazole rings is 1. The third-order valence-corrected chi connectivity index (χ3v) is 5.03. The minimum Gasteiger partial charge on any atom is -0.485 e. The highest BCUT2D eigenvalue weighted by Crippen LogP contribution is 2.31. The SMILES string of the molecule is C[C@H](NC(=O)[C@@H]1COc2ccccc2O1)C(=O)Nc1nc2ccccc2s1. The Morgan fingerprint density at radius 3 is 2.70 bits per heavy atom. The van der Waals surface area contributed by atoms with E-state index in [1.165, 1.54) is 11.3 Å². The molecule has 0 bridgehead atoms. The highest BCUT2D eigenvalue weighted by Gasteiger charge is 2.29. The molecule has 1 aliphatic heterocycles. The molecule has 0 radical (unpaired) electrons. The maximum atomic E-state index is 12.4. The van der Waals surface area contributed by atoms with Crippen LogP contribution in [0.5, 0.6) is 11.5 Å². The van der Waals surface area contributed by atoms with Gasteiger partial charge in [-0.3, -0.25) is 9.59 Å². The Morgan fingerprint density at radius 2 is 1.89 bits per heavy atom. The summed E-state index contributed by atoms with van der Waals surface area (Å²) in [7, 11) is 0. The number of para-hydroxylation sites is 3. The highest BCUT2D eigenvalue weighted by molar-refractivity contribution is 7.22. The molecule has 7 nitrogen and oxygen atoms in total.